The molecule has 1 aromatic heterocycles. The first-order chi connectivity index (χ1) is 35.4. The van der Waals surface area contributed by atoms with Crippen molar-refractivity contribution in [1.29, 1.82) is 0 Å². The van der Waals surface area contributed by atoms with E-state index in [4.69, 9.17) is 22.9 Å². The number of aromatic hydroxyl groups is 1. The number of rotatable bonds is 31. The van der Waals surface area contributed by atoms with Crippen LogP contribution < -0.4 is 60.2 Å². The number of aliphatic imine (C=N–C) groups is 1. The van der Waals surface area contributed by atoms with Gasteiger partial charge in [-0.1, -0.05) is 46.2 Å². The number of amides is 9. The van der Waals surface area contributed by atoms with Crippen LogP contribution in [0.2, 0.25) is 0 Å². The number of hydrogen-bond acceptors (Lipinski definition) is 14. The molecule has 414 valence electrons. The van der Waals surface area contributed by atoms with Crippen molar-refractivity contribution in [3.05, 3.63) is 48.0 Å². The Kier molecular flexibility index (Phi) is 24.9. The lowest BCUT2D eigenvalue weighted by Gasteiger charge is -2.29. The summed E-state index contributed by atoms with van der Waals surface area (Å²) in [6.07, 6.45) is 2.86. The number of benzene rings is 1. The summed E-state index contributed by atoms with van der Waals surface area (Å²) in [5.74, 6) is -9.10. The van der Waals surface area contributed by atoms with E-state index < -0.39 is 126 Å². The molecule has 1 aliphatic rings. The van der Waals surface area contributed by atoms with E-state index in [1.54, 1.807) is 13.8 Å². The molecule has 27 heteroatoms. The quantitative estimate of drug-likeness (QED) is 0.0200. The van der Waals surface area contributed by atoms with Gasteiger partial charge in [-0.3, -0.25) is 48.1 Å². The number of guanidine groups is 1. The van der Waals surface area contributed by atoms with E-state index in [1.807, 2.05) is 13.8 Å². The monoisotopic (exact) mass is 1050 g/mol. The van der Waals surface area contributed by atoms with Gasteiger partial charge in [-0.2, -0.15) is 0 Å². The Labute approximate surface area is 434 Å². The summed E-state index contributed by atoms with van der Waals surface area (Å²) in [6.45, 7) is 8.29. The number of H-pyrrole nitrogens is 1. The zero-order valence-corrected chi connectivity index (χ0v) is 43.1. The molecule has 1 saturated heterocycles. The molecule has 0 spiro atoms. The summed E-state index contributed by atoms with van der Waals surface area (Å²) >= 11 is 0. The van der Waals surface area contributed by atoms with Gasteiger partial charge in [0, 0.05) is 44.2 Å². The minimum absolute atomic E-state index is 0.0272. The first kappa shape index (κ1) is 61.5. The number of carboxylic acid groups (broad SMARTS) is 1. The highest BCUT2D eigenvalue weighted by atomic mass is 16.4. The molecule has 0 aliphatic carbocycles. The van der Waals surface area contributed by atoms with E-state index in [0.29, 0.717) is 30.5 Å². The Bertz CT molecular complexity index is 2310. The molecule has 1 aliphatic heterocycles. The molecule has 0 saturated carbocycles. The SMILES string of the molecule is CC[C@H](C)[C@H](NC(=O)[C@H](Cc1cnc[nH]1)NC(=O)[C@H](CCC(N)=O)NC(=O)[C@H](Cc1ccc(O)cc1)NC(=O)[C@H](CCCN=C(N)N)NC(=O)[C@@H]1CCCN1C(=O)[C@H](C)NC(=O)CNC(=O)[C@@H](N)CC(C)C)C(=O)O. The predicted octanol–water partition coefficient (Wildman–Crippen LogP) is -3.24. The molecule has 2 aromatic rings. The van der Waals surface area contributed by atoms with E-state index in [-0.39, 0.29) is 69.2 Å². The lowest BCUT2D eigenvalue weighted by atomic mass is 9.98. The smallest absolute Gasteiger partial charge is 0.326 e. The molecule has 9 amide bonds. The predicted molar refractivity (Wildman–Crippen MR) is 272 cm³/mol. The van der Waals surface area contributed by atoms with Gasteiger partial charge in [0.1, 0.15) is 48.0 Å². The number of aromatic nitrogens is 2. The summed E-state index contributed by atoms with van der Waals surface area (Å²) in [6, 6.07) is -4.66. The van der Waals surface area contributed by atoms with Crippen LogP contribution in [0.1, 0.15) is 97.2 Å². The van der Waals surface area contributed by atoms with Crippen molar-refractivity contribution in [2.45, 2.75) is 147 Å². The van der Waals surface area contributed by atoms with Gasteiger partial charge in [0.15, 0.2) is 5.96 Å². The van der Waals surface area contributed by atoms with Gasteiger partial charge in [0.05, 0.1) is 18.9 Å². The van der Waals surface area contributed by atoms with Gasteiger partial charge in [0.25, 0.3) is 0 Å². The zero-order valence-electron chi connectivity index (χ0n) is 43.1. The fourth-order valence-electron chi connectivity index (χ4n) is 8.07. The number of nitrogens with two attached hydrogens (primary N) is 4. The number of carbonyl (C=O) groups is 10. The third-order valence-corrected chi connectivity index (χ3v) is 12.4. The van der Waals surface area contributed by atoms with E-state index in [0.717, 1.165) is 0 Å². The van der Waals surface area contributed by atoms with Crippen LogP contribution in [0.5, 0.6) is 5.75 Å². The Hall–Kier alpha value is -7.84. The number of nitrogens with zero attached hydrogens (tertiary/aromatic N) is 3. The molecule has 9 atom stereocenters. The second kappa shape index (κ2) is 30.4. The summed E-state index contributed by atoms with van der Waals surface area (Å²) in [4.78, 5) is 146. The van der Waals surface area contributed by atoms with E-state index in [1.165, 1.54) is 48.6 Å². The van der Waals surface area contributed by atoms with Gasteiger partial charge < -0.3 is 80.2 Å². The number of hydrogen-bond donors (Lipinski definition) is 14. The summed E-state index contributed by atoms with van der Waals surface area (Å²) in [5, 5.41) is 37.8. The third kappa shape index (κ3) is 20.9. The number of phenolic OH excluding ortho intramolecular Hbond substituents is 1. The molecular formula is C48H75N15O12. The minimum Gasteiger partial charge on any atom is -0.508 e. The average molecular weight is 1050 g/mol. The Morgan fingerprint density at radius 2 is 1.40 bits per heavy atom. The number of imidazole rings is 1. The molecule has 27 nitrogen and oxygen atoms in total. The summed E-state index contributed by atoms with van der Waals surface area (Å²) < 4.78 is 0. The van der Waals surface area contributed by atoms with Crippen LogP contribution >= 0.6 is 0 Å². The number of likely N-dealkylation sites (tertiary alicyclic amines) is 1. The fourth-order valence-corrected chi connectivity index (χ4v) is 8.07. The highest BCUT2D eigenvalue weighted by Crippen LogP contribution is 2.20. The molecule has 3 rings (SSSR count). The van der Waals surface area contributed by atoms with Crippen molar-refractivity contribution in [3.8, 4) is 5.75 Å². The average Bonchev–Trinajstić information content (AvgIpc) is 4.07. The van der Waals surface area contributed by atoms with Crippen LogP contribution in [0.4, 0.5) is 0 Å². The normalized spacial score (nSPS) is 16.3. The third-order valence-electron chi connectivity index (χ3n) is 12.4. The van der Waals surface area contributed by atoms with Crippen LogP contribution in [0.25, 0.3) is 0 Å². The first-order valence-corrected chi connectivity index (χ1v) is 24.9. The summed E-state index contributed by atoms with van der Waals surface area (Å²) in [5.41, 5.74) is 23.2. The topological polar surface area (TPSA) is 444 Å². The number of phenols is 1. The number of aromatic amines is 1. The summed E-state index contributed by atoms with van der Waals surface area (Å²) in [7, 11) is 0. The number of carboxylic acids is 1. The molecule has 0 unspecified atom stereocenters. The molecule has 2 heterocycles. The van der Waals surface area contributed by atoms with Crippen molar-refractivity contribution in [2.75, 3.05) is 19.6 Å². The highest BCUT2D eigenvalue weighted by Gasteiger charge is 2.39. The van der Waals surface area contributed by atoms with E-state index in [9.17, 15) is 58.2 Å². The highest BCUT2D eigenvalue weighted by molar-refractivity contribution is 5.98. The standard InChI is InChI=1S/C48H75N15O12/c1-6-26(4)39(47(74)75)62-44(71)35(21-29-22-53-24-56-29)61-42(69)33(15-16-37(50)65)58-43(70)34(20-28-11-13-30(64)14-12-28)60-41(68)32(9-7-17-54-48(51)52)59-45(72)36-10-8-18-63(36)46(73)27(5)57-38(66)23-55-40(67)31(49)19-25(2)3/h11-14,22,24-27,31-36,39,64H,6-10,15-21,23,49H2,1-5H3,(H2,50,65)(H,53,56)(H,55,67)(H,57,66)(H,58,70)(H,59,72)(H,60,68)(H,61,69)(H,62,71)(H,74,75)(H4,51,52,54)/t26-,27-,31-,32-,33-,34-,35-,36-,39-/m0/s1. The maximum atomic E-state index is 14.4. The molecule has 0 radical (unpaired) electrons. The van der Waals surface area contributed by atoms with Gasteiger partial charge >= 0.3 is 5.97 Å². The number of carbonyl (C=O) groups excluding carboxylic acids is 9. The molecule has 0 bridgehead atoms. The number of primary amides is 1. The maximum absolute atomic E-state index is 14.4. The van der Waals surface area contributed by atoms with Crippen molar-refractivity contribution in [2.24, 2.45) is 39.8 Å². The second-order valence-corrected chi connectivity index (χ2v) is 19.0. The number of nitrogens with one attached hydrogen (secondary N) is 8. The van der Waals surface area contributed by atoms with E-state index in [2.05, 4.69) is 52.2 Å². The minimum atomic E-state index is -1.58. The Balaban J connectivity index is 1.90. The zero-order chi connectivity index (χ0) is 55.9. The molecule has 1 aromatic carbocycles. The van der Waals surface area contributed by atoms with Crippen LogP contribution in [-0.4, -0.2) is 158 Å². The van der Waals surface area contributed by atoms with Gasteiger partial charge in [0.2, 0.25) is 53.2 Å². The molecule has 18 N–H and O–H groups in total. The first-order valence-electron chi connectivity index (χ1n) is 24.9. The second-order valence-electron chi connectivity index (χ2n) is 19.0. The van der Waals surface area contributed by atoms with Gasteiger partial charge in [-0.25, -0.2) is 9.78 Å². The van der Waals surface area contributed by atoms with Crippen molar-refractivity contribution in [3.63, 3.8) is 0 Å². The molecular weight excluding hydrogens is 979 g/mol. The van der Waals surface area contributed by atoms with E-state index >= 15 is 0 Å². The van der Waals surface area contributed by atoms with Crippen molar-refractivity contribution < 1.29 is 58.2 Å². The van der Waals surface area contributed by atoms with Crippen LogP contribution in [-0.2, 0) is 60.8 Å². The fraction of sp³-hybridized carbons (Fsp3) is 0.583. The van der Waals surface area contributed by atoms with Crippen LogP contribution in [0, 0.1) is 11.8 Å². The molecule has 1 fully saturated rings. The van der Waals surface area contributed by atoms with Crippen LogP contribution in [0.15, 0.2) is 41.8 Å². The van der Waals surface area contributed by atoms with Crippen LogP contribution in [0.3, 0.4) is 0 Å². The maximum Gasteiger partial charge on any atom is 0.326 e. The van der Waals surface area contributed by atoms with Gasteiger partial charge in [-0.15, -0.1) is 0 Å². The molecule has 75 heavy (non-hydrogen) atoms. The Morgan fingerprint density at radius 1 is 0.800 bits per heavy atom. The lowest BCUT2D eigenvalue weighted by molar-refractivity contribution is -0.144. The van der Waals surface area contributed by atoms with Gasteiger partial charge in [-0.05, 0) is 75.0 Å². The Morgan fingerprint density at radius 3 is 1.97 bits per heavy atom. The van der Waals surface area contributed by atoms with Crippen molar-refractivity contribution in [1.82, 2.24) is 52.1 Å². The largest absolute Gasteiger partial charge is 0.508 e. The van der Waals surface area contributed by atoms with Crippen molar-refractivity contribution >= 4 is 65.1 Å². The number of aliphatic carboxylic acids is 1. The lowest BCUT2D eigenvalue weighted by Crippen LogP contribution is -2.60.